The quantitative estimate of drug-likeness (QED) is 0.629. The fourth-order valence-corrected chi connectivity index (χ4v) is 3.42. The van der Waals surface area contributed by atoms with Gasteiger partial charge in [-0.1, -0.05) is 18.2 Å². The number of thiazole rings is 1. The molecule has 1 heterocycles. The Labute approximate surface area is 130 Å². The number of aromatic nitrogens is 1. The van der Waals surface area contributed by atoms with Crippen LogP contribution in [0.2, 0.25) is 0 Å². The van der Waals surface area contributed by atoms with Gasteiger partial charge in [-0.25, -0.2) is 4.98 Å². The topological polar surface area (TPSA) is 22.1 Å². The summed E-state index contributed by atoms with van der Waals surface area (Å²) in [6, 6.07) is 10.5. The zero-order chi connectivity index (χ0) is 14.1. The van der Waals surface area contributed by atoms with Gasteiger partial charge in [-0.2, -0.15) is 0 Å². The van der Waals surface area contributed by atoms with Crippen molar-refractivity contribution < 1.29 is 4.74 Å². The standard InChI is InChI=1S/C16H14BrNOS/c1-3-19-15-7-5-11-8-12(4-6-13(11)16(15)17)14-9-20-10(2)18-14/h4-9H,3H2,1-2H3. The molecule has 3 rings (SSSR count). The molecule has 20 heavy (non-hydrogen) atoms. The maximum atomic E-state index is 5.61. The molecular weight excluding hydrogens is 334 g/mol. The van der Waals surface area contributed by atoms with Crippen LogP contribution in [0.5, 0.6) is 5.75 Å². The third-order valence-corrected chi connectivity index (χ3v) is 4.72. The van der Waals surface area contributed by atoms with Gasteiger partial charge in [0.25, 0.3) is 0 Å². The molecule has 0 N–H and O–H groups in total. The molecule has 0 saturated heterocycles. The number of rotatable bonds is 3. The largest absolute Gasteiger partial charge is 0.493 e. The average molecular weight is 348 g/mol. The molecule has 0 aliphatic rings. The van der Waals surface area contributed by atoms with Gasteiger partial charge in [0, 0.05) is 10.9 Å². The van der Waals surface area contributed by atoms with E-state index >= 15 is 0 Å². The highest BCUT2D eigenvalue weighted by molar-refractivity contribution is 9.10. The highest BCUT2D eigenvalue weighted by atomic mass is 79.9. The lowest BCUT2D eigenvalue weighted by atomic mass is 10.1. The molecule has 0 amide bonds. The van der Waals surface area contributed by atoms with Gasteiger partial charge >= 0.3 is 0 Å². The highest BCUT2D eigenvalue weighted by Crippen LogP contribution is 2.35. The second kappa shape index (κ2) is 5.54. The third kappa shape index (κ3) is 2.45. The van der Waals surface area contributed by atoms with Crippen LogP contribution in [0.15, 0.2) is 40.2 Å². The first-order chi connectivity index (χ1) is 9.69. The van der Waals surface area contributed by atoms with E-state index in [1.54, 1.807) is 11.3 Å². The molecule has 102 valence electrons. The minimum absolute atomic E-state index is 0.667. The lowest BCUT2D eigenvalue weighted by Crippen LogP contribution is -1.92. The summed E-state index contributed by atoms with van der Waals surface area (Å²) in [7, 11) is 0. The van der Waals surface area contributed by atoms with Crippen molar-refractivity contribution in [1.82, 2.24) is 4.98 Å². The number of hydrogen-bond acceptors (Lipinski definition) is 3. The first-order valence-electron chi connectivity index (χ1n) is 6.46. The van der Waals surface area contributed by atoms with Crippen molar-refractivity contribution in [3.05, 3.63) is 45.2 Å². The molecule has 0 aliphatic carbocycles. The number of nitrogens with zero attached hydrogens (tertiary/aromatic N) is 1. The summed E-state index contributed by atoms with van der Waals surface area (Å²) < 4.78 is 6.62. The molecule has 0 atom stereocenters. The Balaban J connectivity index is 2.11. The van der Waals surface area contributed by atoms with E-state index in [0.717, 1.165) is 31.9 Å². The lowest BCUT2D eigenvalue weighted by Gasteiger charge is -2.09. The SMILES string of the molecule is CCOc1ccc2cc(-c3csc(C)n3)ccc2c1Br. The first-order valence-corrected chi connectivity index (χ1v) is 8.14. The van der Waals surface area contributed by atoms with Gasteiger partial charge in [0.15, 0.2) is 0 Å². The zero-order valence-corrected chi connectivity index (χ0v) is 13.7. The van der Waals surface area contributed by atoms with Crippen molar-refractivity contribution >= 4 is 38.0 Å². The van der Waals surface area contributed by atoms with Crippen molar-refractivity contribution in [3.63, 3.8) is 0 Å². The van der Waals surface area contributed by atoms with Gasteiger partial charge in [-0.3, -0.25) is 0 Å². The number of halogens is 1. The van der Waals surface area contributed by atoms with Gasteiger partial charge in [0.1, 0.15) is 5.75 Å². The number of ether oxygens (including phenoxy) is 1. The second-order valence-electron chi connectivity index (χ2n) is 4.50. The van der Waals surface area contributed by atoms with E-state index in [1.807, 2.05) is 19.9 Å². The van der Waals surface area contributed by atoms with E-state index < -0.39 is 0 Å². The van der Waals surface area contributed by atoms with Crippen LogP contribution in [0.3, 0.4) is 0 Å². The molecule has 2 nitrogen and oxygen atoms in total. The van der Waals surface area contributed by atoms with Crippen LogP contribution in [0.1, 0.15) is 11.9 Å². The van der Waals surface area contributed by atoms with E-state index in [1.165, 1.54) is 5.39 Å². The predicted molar refractivity (Wildman–Crippen MR) is 88.7 cm³/mol. The minimum atomic E-state index is 0.667. The predicted octanol–water partition coefficient (Wildman–Crippen LogP) is 5.43. The summed E-state index contributed by atoms with van der Waals surface area (Å²) >= 11 is 5.31. The molecule has 0 radical (unpaired) electrons. The van der Waals surface area contributed by atoms with E-state index in [9.17, 15) is 0 Å². The minimum Gasteiger partial charge on any atom is -0.493 e. The lowest BCUT2D eigenvalue weighted by molar-refractivity contribution is 0.338. The molecule has 0 aliphatic heterocycles. The van der Waals surface area contributed by atoms with Crippen LogP contribution < -0.4 is 4.74 Å². The Morgan fingerprint density at radius 1 is 1.25 bits per heavy atom. The smallest absolute Gasteiger partial charge is 0.134 e. The molecular formula is C16H14BrNOS. The van der Waals surface area contributed by atoms with Crippen LogP contribution in [-0.4, -0.2) is 11.6 Å². The summed E-state index contributed by atoms with van der Waals surface area (Å²) in [6.45, 7) is 4.69. The van der Waals surface area contributed by atoms with Gasteiger partial charge in [0.2, 0.25) is 0 Å². The van der Waals surface area contributed by atoms with Crippen LogP contribution in [0.4, 0.5) is 0 Å². The van der Waals surface area contributed by atoms with Gasteiger partial charge in [-0.15, -0.1) is 11.3 Å². The Kier molecular flexibility index (Phi) is 3.76. The maximum absolute atomic E-state index is 5.61. The molecule has 4 heteroatoms. The summed E-state index contributed by atoms with van der Waals surface area (Å²) in [5.74, 6) is 0.886. The molecule has 0 fully saturated rings. The molecule has 0 unspecified atom stereocenters. The van der Waals surface area contributed by atoms with Crippen LogP contribution in [-0.2, 0) is 0 Å². The van der Waals surface area contributed by atoms with Crippen molar-refractivity contribution in [1.29, 1.82) is 0 Å². The fourth-order valence-electron chi connectivity index (χ4n) is 2.19. The van der Waals surface area contributed by atoms with Gasteiger partial charge in [-0.05, 0) is 52.7 Å². The Morgan fingerprint density at radius 3 is 2.80 bits per heavy atom. The van der Waals surface area contributed by atoms with Gasteiger partial charge in [0.05, 0.1) is 21.8 Å². The molecule has 0 spiro atoms. The summed E-state index contributed by atoms with van der Waals surface area (Å²) in [6.07, 6.45) is 0. The third-order valence-electron chi connectivity index (χ3n) is 3.13. The molecule has 0 saturated carbocycles. The van der Waals surface area contributed by atoms with Crippen molar-refractivity contribution in [2.24, 2.45) is 0 Å². The fraction of sp³-hybridized carbons (Fsp3) is 0.188. The van der Waals surface area contributed by atoms with Crippen LogP contribution in [0.25, 0.3) is 22.0 Å². The monoisotopic (exact) mass is 347 g/mol. The number of hydrogen-bond donors (Lipinski definition) is 0. The number of benzene rings is 2. The summed E-state index contributed by atoms with van der Waals surface area (Å²) in [4.78, 5) is 4.54. The Hall–Kier alpha value is -1.39. The average Bonchev–Trinajstić information content (AvgIpc) is 2.88. The molecule has 0 bridgehead atoms. The summed E-state index contributed by atoms with van der Waals surface area (Å²) in [5, 5.41) is 5.53. The normalized spacial score (nSPS) is 10.9. The van der Waals surface area contributed by atoms with E-state index in [0.29, 0.717) is 6.61 Å². The number of aryl methyl sites for hydroxylation is 1. The molecule has 1 aromatic heterocycles. The van der Waals surface area contributed by atoms with Crippen molar-refractivity contribution in [3.8, 4) is 17.0 Å². The van der Waals surface area contributed by atoms with Crippen LogP contribution >= 0.6 is 27.3 Å². The molecule has 2 aromatic carbocycles. The van der Waals surface area contributed by atoms with Crippen LogP contribution in [0, 0.1) is 6.92 Å². The number of fused-ring (bicyclic) bond motifs is 1. The van der Waals surface area contributed by atoms with E-state index in [-0.39, 0.29) is 0 Å². The highest BCUT2D eigenvalue weighted by Gasteiger charge is 2.08. The van der Waals surface area contributed by atoms with E-state index in [2.05, 4.69) is 50.6 Å². The Morgan fingerprint density at radius 2 is 2.10 bits per heavy atom. The summed E-state index contributed by atoms with van der Waals surface area (Å²) in [5.41, 5.74) is 2.19. The molecule has 3 aromatic rings. The second-order valence-corrected chi connectivity index (χ2v) is 6.35. The maximum Gasteiger partial charge on any atom is 0.134 e. The first kappa shape index (κ1) is 13.6. The van der Waals surface area contributed by atoms with E-state index in [4.69, 9.17) is 4.74 Å². The zero-order valence-electron chi connectivity index (χ0n) is 11.3. The Bertz CT molecular complexity index is 766. The van der Waals surface area contributed by atoms with Crippen molar-refractivity contribution in [2.45, 2.75) is 13.8 Å². The van der Waals surface area contributed by atoms with Gasteiger partial charge < -0.3 is 4.74 Å². The van der Waals surface area contributed by atoms with Crippen molar-refractivity contribution in [2.75, 3.05) is 6.61 Å².